The Morgan fingerprint density at radius 2 is 2.11 bits per heavy atom. The van der Waals surface area contributed by atoms with Crippen LogP contribution in [0.5, 0.6) is 0 Å². The number of aromatic nitrogens is 2. The largest absolute Gasteiger partial charge is 0.496 e. The molecule has 1 aliphatic heterocycles. The van der Waals surface area contributed by atoms with E-state index >= 15 is 0 Å². The number of para-hydroxylation sites is 1. The molecule has 0 fully saturated rings. The van der Waals surface area contributed by atoms with Crippen molar-refractivity contribution in [3.05, 3.63) is 60.1 Å². The lowest BCUT2D eigenvalue weighted by atomic mass is 10.2. The van der Waals surface area contributed by atoms with Crippen molar-refractivity contribution >= 4 is 0 Å². The van der Waals surface area contributed by atoms with Crippen molar-refractivity contribution < 1.29 is 4.74 Å². The van der Waals surface area contributed by atoms with Gasteiger partial charge in [0, 0.05) is 12.6 Å². The summed E-state index contributed by atoms with van der Waals surface area (Å²) in [6.07, 6.45) is 4.89. The topological polar surface area (TPSA) is 65.1 Å². The summed E-state index contributed by atoms with van der Waals surface area (Å²) < 4.78 is 7.37. The quantitative estimate of drug-likeness (QED) is 0.645. The van der Waals surface area contributed by atoms with E-state index in [-0.39, 0.29) is 6.04 Å². The second-order valence-corrected chi connectivity index (χ2v) is 4.36. The van der Waals surface area contributed by atoms with Gasteiger partial charge in [0.05, 0.1) is 18.0 Å². The van der Waals surface area contributed by atoms with Crippen LogP contribution in [0.3, 0.4) is 0 Å². The highest BCUT2D eigenvalue weighted by molar-refractivity contribution is 5.31. The van der Waals surface area contributed by atoms with Gasteiger partial charge >= 0.3 is 0 Å². The van der Waals surface area contributed by atoms with E-state index in [9.17, 15) is 0 Å². The van der Waals surface area contributed by atoms with Gasteiger partial charge in [0.1, 0.15) is 11.8 Å². The zero-order valence-corrected chi connectivity index (χ0v) is 10.5. The van der Waals surface area contributed by atoms with Gasteiger partial charge in [0.15, 0.2) is 0 Å². The molecule has 1 aromatic carbocycles. The second kappa shape index (κ2) is 5.26. The van der Waals surface area contributed by atoms with Crippen LogP contribution in [0.25, 0.3) is 5.69 Å². The van der Waals surface area contributed by atoms with Gasteiger partial charge in [-0.15, -0.1) is 0 Å². The van der Waals surface area contributed by atoms with E-state index in [2.05, 4.69) is 10.5 Å². The van der Waals surface area contributed by atoms with Crippen LogP contribution in [0.4, 0.5) is 0 Å². The van der Waals surface area contributed by atoms with Crippen molar-refractivity contribution in [2.75, 3.05) is 6.61 Å². The molecule has 3 rings (SSSR count). The summed E-state index contributed by atoms with van der Waals surface area (Å²) in [6.45, 7) is 0.715. The van der Waals surface area contributed by atoms with Crippen LogP contribution < -0.4 is 11.3 Å². The zero-order chi connectivity index (χ0) is 13.1. The SMILES string of the molecule is NNC(C1=CCCO1)c1ccn(-c2ccccc2)n1. The maximum atomic E-state index is 5.61. The number of hydrogen-bond donors (Lipinski definition) is 2. The molecule has 2 aromatic rings. The van der Waals surface area contributed by atoms with Crippen LogP contribution >= 0.6 is 0 Å². The highest BCUT2D eigenvalue weighted by Gasteiger charge is 2.21. The molecule has 98 valence electrons. The fourth-order valence-corrected chi connectivity index (χ4v) is 2.17. The van der Waals surface area contributed by atoms with Crippen molar-refractivity contribution in [2.24, 2.45) is 5.84 Å². The molecular weight excluding hydrogens is 240 g/mol. The van der Waals surface area contributed by atoms with Crippen LogP contribution in [0, 0.1) is 0 Å². The molecule has 0 radical (unpaired) electrons. The van der Waals surface area contributed by atoms with Crippen LogP contribution in [-0.4, -0.2) is 16.4 Å². The highest BCUT2D eigenvalue weighted by atomic mass is 16.5. The smallest absolute Gasteiger partial charge is 0.122 e. The van der Waals surface area contributed by atoms with Crippen molar-refractivity contribution in [1.82, 2.24) is 15.2 Å². The van der Waals surface area contributed by atoms with Gasteiger partial charge in [-0.2, -0.15) is 5.10 Å². The van der Waals surface area contributed by atoms with E-state index in [1.165, 1.54) is 0 Å². The fraction of sp³-hybridized carbons (Fsp3) is 0.214. The first-order valence-corrected chi connectivity index (χ1v) is 6.28. The van der Waals surface area contributed by atoms with Crippen LogP contribution in [0.2, 0.25) is 0 Å². The number of benzene rings is 1. The van der Waals surface area contributed by atoms with E-state index in [0.717, 1.165) is 23.6 Å². The molecule has 0 saturated heterocycles. The first-order chi connectivity index (χ1) is 9.38. The molecular formula is C14H16N4O. The highest BCUT2D eigenvalue weighted by Crippen LogP contribution is 2.25. The lowest BCUT2D eigenvalue weighted by Crippen LogP contribution is -2.30. The molecule has 0 aliphatic carbocycles. The van der Waals surface area contributed by atoms with E-state index in [1.54, 1.807) is 0 Å². The first-order valence-electron chi connectivity index (χ1n) is 6.28. The maximum Gasteiger partial charge on any atom is 0.122 e. The summed E-state index contributed by atoms with van der Waals surface area (Å²) >= 11 is 0. The van der Waals surface area contributed by atoms with E-state index in [1.807, 2.05) is 53.4 Å². The minimum atomic E-state index is -0.188. The van der Waals surface area contributed by atoms with Crippen molar-refractivity contribution in [1.29, 1.82) is 0 Å². The molecule has 1 aromatic heterocycles. The van der Waals surface area contributed by atoms with Gasteiger partial charge < -0.3 is 4.74 Å². The number of hydrogen-bond acceptors (Lipinski definition) is 4. The molecule has 2 heterocycles. The molecule has 0 amide bonds. The fourth-order valence-electron chi connectivity index (χ4n) is 2.17. The number of nitrogens with zero attached hydrogens (tertiary/aromatic N) is 2. The molecule has 5 nitrogen and oxygen atoms in total. The molecule has 3 N–H and O–H groups in total. The van der Waals surface area contributed by atoms with Crippen LogP contribution in [-0.2, 0) is 4.74 Å². The summed E-state index contributed by atoms with van der Waals surface area (Å²) in [4.78, 5) is 0. The van der Waals surface area contributed by atoms with Crippen molar-refractivity contribution in [3.63, 3.8) is 0 Å². The lowest BCUT2D eigenvalue weighted by molar-refractivity contribution is 0.214. The standard InChI is InChI=1S/C14H16N4O/c15-16-14(13-7-4-10-19-13)12-8-9-18(17-12)11-5-2-1-3-6-11/h1-3,5-9,14,16H,4,10,15H2. The third-order valence-corrected chi connectivity index (χ3v) is 3.11. The number of nitrogens with one attached hydrogen (secondary N) is 1. The molecule has 0 spiro atoms. The summed E-state index contributed by atoms with van der Waals surface area (Å²) in [5.41, 5.74) is 4.62. The van der Waals surface area contributed by atoms with Gasteiger partial charge in [0.2, 0.25) is 0 Å². The minimum Gasteiger partial charge on any atom is -0.496 e. The maximum absolute atomic E-state index is 5.61. The summed E-state index contributed by atoms with van der Waals surface area (Å²) in [5, 5.41) is 4.55. The lowest BCUT2D eigenvalue weighted by Gasteiger charge is -2.14. The summed E-state index contributed by atoms with van der Waals surface area (Å²) in [6, 6.07) is 11.7. The summed E-state index contributed by atoms with van der Waals surface area (Å²) in [5.74, 6) is 6.46. The van der Waals surface area contributed by atoms with Gasteiger partial charge in [-0.3, -0.25) is 5.84 Å². The number of hydrazine groups is 1. The second-order valence-electron chi connectivity index (χ2n) is 4.36. The third-order valence-electron chi connectivity index (χ3n) is 3.11. The van der Waals surface area contributed by atoms with E-state index in [4.69, 9.17) is 10.6 Å². The predicted molar refractivity (Wildman–Crippen MR) is 72.3 cm³/mol. The van der Waals surface area contributed by atoms with Crippen LogP contribution in [0.1, 0.15) is 18.2 Å². The Kier molecular flexibility index (Phi) is 3.31. The normalized spacial score (nSPS) is 15.9. The van der Waals surface area contributed by atoms with Crippen molar-refractivity contribution in [2.45, 2.75) is 12.5 Å². The van der Waals surface area contributed by atoms with Gasteiger partial charge in [-0.1, -0.05) is 18.2 Å². The number of rotatable bonds is 4. The van der Waals surface area contributed by atoms with Gasteiger partial charge in [0.25, 0.3) is 0 Å². The molecule has 1 unspecified atom stereocenters. The third kappa shape index (κ3) is 2.38. The Hall–Kier alpha value is -2.11. The Balaban J connectivity index is 1.88. The molecule has 1 atom stereocenters. The van der Waals surface area contributed by atoms with Crippen molar-refractivity contribution in [3.8, 4) is 5.69 Å². The summed E-state index contributed by atoms with van der Waals surface area (Å²) in [7, 11) is 0. The zero-order valence-electron chi connectivity index (χ0n) is 10.5. The van der Waals surface area contributed by atoms with E-state index < -0.39 is 0 Å². The Bertz CT molecular complexity index is 576. The van der Waals surface area contributed by atoms with Crippen LogP contribution in [0.15, 0.2) is 54.4 Å². The number of nitrogens with two attached hydrogens (primary N) is 1. The molecule has 0 bridgehead atoms. The minimum absolute atomic E-state index is 0.188. The van der Waals surface area contributed by atoms with Gasteiger partial charge in [-0.25, -0.2) is 10.1 Å². The van der Waals surface area contributed by atoms with Gasteiger partial charge in [-0.05, 0) is 24.3 Å². The molecule has 0 saturated carbocycles. The molecule has 5 heteroatoms. The van der Waals surface area contributed by atoms with E-state index in [0.29, 0.717) is 6.61 Å². The Morgan fingerprint density at radius 3 is 2.79 bits per heavy atom. The average molecular weight is 256 g/mol. The monoisotopic (exact) mass is 256 g/mol. The Labute approximate surface area is 111 Å². The number of ether oxygens (including phenoxy) is 1. The average Bonchev–Trinajstić information content (AvgIpc) is 3.12. The molecule has 19 heavy (non-hydrogen) atoms. The molecule has 1 aliphatic rings. The Morgan fingerprint density at radius 1 is 1.26 bits per heavy atom. The predicted octanol–water partition coefficient (Wildman–Crippen LogP) is 1.68. The first kappa shape index (κ1) is 12.0.